The Morgan fingerprint density at radius 3 is 2.95 bits per heavy atom. The number of halogens is 1. The van der Waals surface area contributed by atoms with E-state index in [2.05, 4.69) is 29.0 Å². The van der Waals surface area contributed by atoms with E-state index < -0.39 is 0 Å². The van der Waals surface area contributed by atoms with Gasteiger partial charge in [0.25, 0.3) is 0 Å². The molecule has 0 bridgehead atoms. The molecule has 1 aliphatic heterocycles. The molecule has 4 heteroatoms. The third-order valence-electron chi connectivity index (χ3n) is 4.13. The summed E-state index contributed by atoms with van der Waals surface area (Å²) in [6.07, 6.45) is 8.00. The van der Waals surface area contributed by atoms with Gasteiger partial charge in [-0.05, 0) is 50.9 Å². The third kappa shape index (κ3) is 4.25. The maximum atomic E-state index is 13.3. The van der Waals surface area contributed by atoms with Crippen LogP contribution in [-0.2, 0) is 0 Å². The summed E-state index contributed by atoms with van der Waals surface area (Å²) in [6.45, 7) is 7.54. The molecule has 0 radical (unpaired) electrons. The van der Waals surface area contributed by atoms with E-state index in [1.165, 1.54) is 25.5 Å². The first-order valence-corrected chi connectivity index (χ1v) is 7.78. The zero-order valence-electron chi connectivity index (χ0n) is 12.6. The predicted molar refractivity (Wildman–Crippen MR) is 80.1 cm³/mol. The van der Waals surface area contributed by atoms with Crippen molar-refractivity contribution in [2.45, 2.75) is 51.6 Å². The van der Waals surface area contributed by atoms with E-state index >= 15 is 0 Å². The maximum absolute atomic E-state index is 13.3. The smallest absolute Gasteiger partial charge is 0.141 e. The van der Waals surface area contributed by atoms with Crippen molar-refractivity contribution in [1.82, 2.24) is 15.2 Å². The zero-order chi connectivity index (χ0) is 14.4. The van der Waals surface area contributed by atoms with Crippen LogP contribution in [0.5, 0.6) is 0 Å². The monoisotopic (exact) mass is 279 g/mol. The van der Waals surface area contributed by atoms with Crippen molar-refractivity contribution in [3.8, 4) is 0 Å². The van der Waals surface area contributed by atoms with Crippen LogP contribution in [0.1, 0.15) is 51.1 Å². The Bertz CT molecular complexity index is 404. The van der Waals surface area contributed by atoms with E-state index in [1.807, 2.05) is 0 Å². The topological polar surface area (TPSA) is 28.2 Å². The number of aromatic nitrogens is 1. The predicted octanol–water partition coefficient (Wildman–Crippen LogP) is 3.14. The molecule has 0 aromatic carbocycles. The summed E-state index contributed by atoms with van der Waals surface area (Å²) in [5.74, 6) is -0.249. The molecular weight excluding hydrogens is 253 g/mol. The highest BCUT2D eigenvalue weighted by Crippen LogP contribution is 2.22. The second kappa shape index (κ2) is 7.70. The third-order valence-corrected chi connectivity index (χ3v) is 4.13. The van der Waals surface area contributed by atoms with Gasteiger partial charge in [-0.2, -0.15) is 0 Å². The van der Waals surface area contributed by atoms with E-state index in [9.17, 15) is 4.39 Å². The van der Waals surface area contributed by atoms with Gasteiger partial charge in [0.05, 0.1) is 6.20 Å². The number of hydrogen-bond donors (Lipinski definition) is 1. The van der Waals surface area contributed by atoms with Gasteiger partial charge in [0, 0.05) is 24.8 Å². The molecule has 0 aliphatic carbocycles. The standard InChI is InChI=1S/C16H26FN3/c1-3-8-20(12-16-6-4-5-7-19-16)13(2)14-9-15(17)11-18-10-14/h9-11,13,16,19H,3-8,12H2,1-2H3. The lowest BCUT2D eigenvalue weighted by Gasteiger charge is -2.34. The number of pyridine rings is 1. The highest BCUT2D eigenvalue weighted by molar-refractivity contribution is 5.14. The van der Waals surface area contributed by atoms with Gasteiger partial charge in [-0.3, -0.25) is 9.88 Å². The Morgan fingerprint density at radius 2 is 2.30 bits per heavy atom. The second-order valence-electron chi connectivity index (χ2n) is 5.75. The zero-order valence-corrected chi connectivity index (χ0v) is 12.6. The molecule has 0 amide bonds. The van der Waals surface area contributed by atoms with Crippen LogP contribution in [0.15, 0.2) is 18.5 Å². The van der Waals surface area contributed by atoms with Crippen molar-refractivity contribution >= 4 is 0 Å². The first-order valence-electron chi connectivity index (χ1n) is 7.78. The van der Waals surface area contributed by atoms with Crippen LogP contribution in [-0.4, -0.2) is 35.6 Å². The number of piperidine rings is 1. The first kappa shape index (κ1) is 15.4. The molecule has 0 saturated carbocycles. The Kier molecular flexibility index (Phi) is 5.92. The minimum absolute atomic E-state index is 0.210. The number of nitrogens with one attached hydrogen (secondary N) is 1. The quantitative estimate of drug-likeness (QED) is 0.867. The maximum Gasteiger partial charge on any atom is 0.141 e. The molecule has 2 atom stereocenters. The molecule has 2 unspecified atom stereocenters. The summed E-state index contributed by atoms with van der Waals surface area (Å²) >= 11 is 0. The molecule has 20 heavy (non-hydrogen) atoms. The van der Waals surface area contributed by atoms with Crippen molar-refractivity contribution in [2.75, 3.05) is 19.6 Å². The van der Waals surface area contributed by atoms with Crippen molar-refractivity contribution in [3.63, 3.8) is 0 Å². The fourth-order valence-corrected chi connectivity index (χ4v) is 2.96. The molecule has 1 fully saturated rings. The molecule has 2 rings (SSSR count). The Balaban J connectivity index is 2.02. The molecular formula is C16H26FN3. The van der Waals surface area contributed by atoms with Crippen molar-refractivity contribution in [1.29, 1.82) is 0 Å². The summed E-state index contributed by atoms with van der Waals surface area (Å²) in [5.41, 5.74) is 0.967. The molecule has 112 valence electrons. The van der Waals surface area contributed by atoms with Crippen molar-refractivity contribution < 1.29 is 4.39 Å². The largest absolute Gasteiger partial charge is 0.313 e. The van der Waals surface area contributed by atoms with E-state index in [1.54, 1.807) is 12.3 Å². The van der Waals surface area contributed by atoms with Gasteiger partial charge in [0.15, 0.2) is 0 Å². The summed E-state index contributed by atoms with van der Waals surface area (Å²) in [4.78, 5) is 6.42. The first-order chi connectivity index (χ1) is 9.70. The number of nitrogens with zero attached hydrogens (tertiary/aromatic N) is 2. The number of rotatable bonds is 6. The van der Waals surface area contributed by atoms with Crippen LogP contribution in [0, 0.1) is 5.82 Å². The Hall–Kier alpha value is -1.00. The number of hydrogen-bond acceptors (Lipinski definition) is 3. The molecule has 1 saturated heterocycles. The lowest BCUT2D eigenvalue weighted by molar-refractivity contribution is 0.175. The normalized spacial score (nSPS) is 21.1. The van der Waals surface area contributed by atoms with Crippen molar-refractivity contribution in [2.24, 2.45) is 0 Å². The summed E-state index contributed by atoms with van der Waals surface area (Å²) in [7, 11) is 0. The van der Waals surface area contributed by atoms with Crippen LogP contribution < -0.4 is 5.32 Å². The molecule has 2 heterocycles. The van der Waals surface area contributed by atoms with E-state index in [-0.39, 0.29) is 11.9 Å². The lowest BCUT2D eigenvalue weighted by Crippen LogP contribution is -2.44. The summed E-state index contributed by atoms with van der Waals surface area (Å²) in [5, 5.41) is 3.59. The van der Waals surface area contributed by atoms with Gasteiger partial charge < -0.3 is 5.32 Å². The summed E-state index contributed by atoms with van der Waals surface area (Å²) < 4.78 is 13.3. The highest BCUT2D eigenvalue weighted by atomic mass is 19.1. The second-order valence-corrected chi connectivity index (χ2v) is 5.75. The van der Waals surface area contributed by atoms with Gasteiger partial charge in [0.1, 0.15) is 5.82 Å². The van der Waals surface area contributed by atoms with Gasteiger partial charge in [-0.25, -0.2) is 4.39 Å². The molecule has 1 aromatic rings. The average Bonchev–Trinajstić information content (AvgIpc) is 2.47. The molecule has 1 aliphatic rings. The van der Waals surface area contributed by atoms with Gasteiger partial charge in [0.2, 0.25) is 0 Å². The van der Waals surface area contributed by atoms with Crippen LogP contribution in [0.3, 0.4) is 0 Å². The highest BCUT2D eigenvalue weighted by Gasteiger charge is 2.21. The van der Waals surface area contributed by atoms with Crippen LogP contribution in [0.25, 0.3) is 0 Å². The molecule has 3 nitrogen and oxygen atoms in total. The summed E-state index contributed by atoms with van der Waals surface area (Å²) in [6, 6.07) is 2.38. The minimum atomic E-state index is -0.249. The fraction of sp³-hybridized carbons (Fsp3) is 0.688. The molecule has 0 spiro atoms. The van der Waals surface area contributed by atoms with Crippen LogP contribution in [0.4, 0.5) is 4.39 Å². The van der Waals surface area contributed by atoms with Crippen molar-refractivity contribution in [3.05, 3.63) is 29.8 Å². The van der Waals surface area contributed by atoms with Crippen LogP contribution >= 0.6 is 0 Å². The van der Waals surface area contributed by atoms with E-state index in [0.29, 0.717) is 6.04 Å². The average molecular weight is 279 g/mol. The Labute approximate surface area is 121 Å². The van der Waals surface area contributed by atoms with E-state index in [4.69, 9.17) is 0 Å². The lowest BCUT2D eigenvalue weighted by atomic mass is 10.0. The van der Waals surface area contributed by atoms with E-state index in [0.717, 1.165) is 31.6 Å². The van der Waals surface area contributed by atoms with Gasteiger partial charge in [-0.1, -0.05) is 13.3 Å². The Morgan fingerprint density at radius 1 is 1.45 bits per heavy atom. The van der Waals surface area contributed by atoms with Crippen LogP contribution in [0.2, 0.25) is 0 Å². The minimum Gasteiger partial charge on any atom is -0.313 e. The molecule has 1 N–H and O–H groups in total. The molecule has 1 aromatic heterocycles. The van der Waals surface area contributed by atoms with Gasteiger partial charge in [-0.15, -0.1) is 0 Å². The fourth-order valence-electron chi connectivity index (χ4n) is 2.96. The van der Waals surface area contributed by atoms with Gasteiger partial charge >= 0.3 is 0 Å². The SMILES string of the molecule is CCCN(CC1CCCCN1)C(C)c1cncc(F)c1.